The first-order valence-electron chi connectivity index (χ1n) is 3.58. The van der Waals surface area contributed by atoms with Crippen molar-refractivity contribution in [2.75, 3.05) is 11.5 Å². The molecule has 2 rings (SSSR count). The molecule has 5 N–H and O–H groups in total. The molecule has 0 unspecified atom stereocenters. The van der Waals surface area contributed by atoms with Gasteiger partial charge in [0.15, 0.2) is 5.82 Å². The zero-order chi connectivity index (χ0) is 9.42. The molecule has 0 atom stereocenters. The van der Waals surface area contributed by atoms with Gasteiger partial charge in [0.05, 0.1) is 10.8 Å². The van der Waals surface area contributed by atoms with Crippen LogP contribution in [0.1, 0.15) is 0 Å². The summed E-state index contributed by atoms with van der Waals surface area (Å²) < 4.78 is 0. The zero-order valence-electron chi connectivity index (χ0n) is 6.61. The van der Waals surface area contributed by atoms with Gasteiger partial charge in [0.25, 0.3) is 5.56 Å². The van der Waals surface area contributed by atoms with Gasteiger partial charge in [-0.25, -0.2) is 10.1 Å². The molecule has 0 aliphatic carbocycles. The van der Waals surface area contributed by atoms with Gasteiger partial charge in [-0.15, -0.1) is 0 Å². The maximum atomic E-state index is 11.2. The summed E-state index contributed by atoms with van der Waals surface area (Å²) in [5, 5.41) is 6.66. The average Bonchev–Trinajstić information content (AvgIpc) is 2.12. The molecular formula is C7H7N5O. The zero-order valence-corrected chi connectivity index (χ0v) is 6.61. The summed E-state index contributed by atoms with van der Waals surface area (Å²) in [5.41, 5.74) is 10.7. The molecule has 66 valence electrons. The molecule has 0 amide bonds. The Hall–Kier alpha value is -2.11. The molecule has 0 spiro atoms. The van der Waals surface area contributed by atoms with Gasteiger partial charge >= 0.3 is 0 Å². The minimum absolute atomic E-state index is 0.181. The highest BCUT2D eigenvalue weighted by Crippen LogP contribution is 2.18. The van der Waals surface area contributed by atoms with Crippen LogP contribution >= 0.6 is 0 Å². The number of nitrogen functional groups attached to an aromatic ring is 2. The summed E-state index contributed by atoms with van der Waals surface area (Å²) in [5.74, 6) is 0.397. The number of hydrogen-bond acceptors (Lipinski definition) is 5. The molecule has 0 saturated heterocycles. The number of H-pyrrole nitrogens is 1. The Bertz CT molecular complexity index is 510. The molecule has 0 aliphatic rings. The summed E-state index contributed by atoms with van der Waals surface area (Å²) in [7, 11) is 0. The molecule has 6 nitrogen and oxygen atoms in total. The van der Waals surface area contributed by atoms with E-state index in [2.05, 4.69) is 15.2 Å². The van der Waals surface area contributed by atoms with Crippen LogP contribution in [0.4, 0.5) is 11.6 Å². The second kappa shape index (κ2) is 2.44. The van der Waals surface area contributed by atoms with Crippen LogP contribution in [0.2, 0.25) is 0 Å². The van der Waals surface area contributed by atoms with Crippen molar-refractivity contribution in [1.82, 2.24) is 15.2 Å². The lowest BCUT2D eigenvalue weighted by molar-refractivity contribution is 1.02. The van der Waals surface area contributed by atoms with E-state index in [1.165, 1.54) is 6.20 Å². The van der Waals surface area contributed by atoms with Gasteiger partial charge in [-0.05, 0) is 6.07 Å². The fourth-order valence-electron chi connectivity index (χ4n) is 1.16. The number of fused-ring (bicyclic) bond motifs is 1. The van der Waals surface area contributed by atoms with E-state index < -0.39 is 0 Å². The third-order valence-corrected chi connectivity index (χ3v) is 1.76. The van der Waals surface area contributed by atoms with Gasteiger partial charge in [0, 0.05) is 6.20 Å². The molecular weight excluding hydrogens is 170 g/mol. The van der Waals surface area contributed by atoms with E-state index in [1.807, 2.05) is 0 Å². The van der Waals surface area contributed by atoms with Gasteiger partial charge < -0.3 is 11.5 Å². The first-order valence-corrected chi connectivity index (χ1v) is 3.58. The molecule has 2 heterocycles. The maximum absolute atomic E-state index is 11.2. The number of rotatable bonds is 0. The second-order valence-corrected chi connectivity index (χ2v) is 2.56. The maximum Gasteiger partial charge on any atom is 0.272 e. The van der Waals surface area contributed by atoms with E-state index in [9.17, 15) is 4.79 Å². The van der Waals surface area contributed by atoms with E-state index in [-0.39, 0.29) is 17.2 Å². The van der Waals surface area contributed by atoms with Crippen LogP contribution in [0.3, 0.4) is 0 Å². The highest BCUT2D eigenvalue weighted by molar-refractivity contribution is 5.97. The average molecular weight is 177 g/mol. The summed E-state index contributed by atoms with van der Waals surface area (Å²) in [6, 6.07) is 1.54. The topological polar surface area (TPSA) is 111 Å². The molecule has 13 heavy (non-hydrogen) atoms. The van der Waals surface area contributed by atoms with Gasteiger partial charge in [-0.3, -0.25) is 4.79 Å². The van der Waals surface area contributed by atoms with Crippen molar-refractivity contribution in [2.24, 2.45) is 0 Å². The smallest absolute Gasteiger partial charge is 0.272 e. The Morgan fingerprint density at radius 1 is 1.31 bits per heavy atom. The van der Waals surface area contributed by atoms with E-state index >= 15 is 0 Å². The lowest BCUT2D eigenvalue weighted by Gasteiger charge is -2.00. The van der Waals surface area contributed by atoms with E-state index in [4.69, 9.17) is 11.5 Å². The Kier molecular flexibility index (Phi) is 1.42. The molecule has 0 bridgehead atoms. The summed E-state index contributed by atoms with van der Waals surface area (Å²) in [6.45, 7) is 0. The first-order chi connectivity index (χ1) is 6.20. The molecule has 0 saturated carbocycles. The number of nitrogens with one attached hydrogen (secondary N) is 1. The van der Waals surface area contributed by atoms with Gasteiger partial charge in [0.1, 0.15) is 5.82 Å². The molecule has 2 aromatic rings. The van der Waals surface area contributed by atoms with Crippen LogP contribution in [0.25, 0.3) is 10.8 Å². The summed E-state index contributed by atoms with van der Waals surface area (Å²) in [6.07, 6.45) is 1.45. The minimum Gasteiger partial charge on any atom is -0.383 e. The standard InChI is InChI=1S/C7H7N5O/c8-5-4-3(1-2-10-5)7(13)12-11-6(4)9/h1-2H,(H2,8,10)(H2,9,11)(H,12,13). The van der Waals surface area contributed by atoms with Crippen molar-refractivity contribution in [3.05, 3.63) is 22.6 Å². The van der Waals surface area contributed by atoms with E-state index in [0.29, 0.717) is 10.8 Å². The van der Waals surface area contributed by atoms with Crippen LogP contribution in [0, 0.1) is 0 Å². The molecule has 0 aromatic carbocycles. The third kappa shape index (κ3) is 0.994. The van der Waals surface area contributed by atoms with E-state index in [0.717, 1.165) is 0 Å². The largest absolute Gasteiger partial charge is 0.383 e. The SMILES string of the molecule is Nc1nccc2c(=O)[nH]nc(N)c12. The van der Waals surface area contributed by atoms with Crippen molar-refractivity contribution < 1.29 is 0 Å². The number of anilines is 2. The van der Waals surface area contributed by atoms with Crippen LogP contribution in [0.15, 0.2) is 17.1 Å². The van der Waals surface area contributed by atoms with Crippen molar-refractivity contribution in [1.29, 1.82) is 0 Å². The number of nitrogens with zero attached hydrogens (tertiary/aromatic N) is 2. The normalized spacial score (nSPS) is 10.5. The Labute approximate surface area is 72.6 Å². The molecule has 0 radical (unpaired) electrons. The first kappa shape index (κ1) is 7.53. The molecule has 2 aromatic heterocycles. The van der Waals surface area contributed by atoms with Crippen LogP contribution in [0.5, 0.6) is 0 Å². The lowest BCUT2D eigenvalue weighted by atomic mass is 10.2. The van der Waals surface area contributed by atoms with Crippen molar-refractivity contribution >= 4 is 22.4 Å². The predicted octanol–water partition coefficient (Wildman–Crippen LogP) is -0.518. The Morgan fingerprint density at radius 3 is 2.77 bits per heavy atom. The highest BCUT2D eigenvalue weighted by atomic mass is 16.1. The second-order valence-electron chi connectivity index (χ2n) is 2.56. The van der Waals surface area contributed by atoms with Gasteiger partial charge in [0.2, 0.25) is 0 Å². The summed E-state index contributed by atoms with van der Waals surface area (Å²) >= 11 is 0. The molecule has 0 fully saturated rings. The number of pyridine rings is 1. The number of hydrogen-bond donors (Lipinski definition) is 3. The fraction of sp³-hybridized carbons (Fsp3) is 0. The Balaban J connectivity index is 3.09. The monoisotopic (exact) mass is 177 g/mol. The number of aromatic nitrogens is 3. The van der Waals surface area contributed by atoms with Crippen molar-refractivity contribution in [3.8, 4) is 0 Å². The fourth-order valence-corrected chi connectivity index (χ4v) is 1.16. The Morgan fingerprint density at radius 2 is 2.08 bits per heavy atom. The molecule has 6 heteroatoms. The quantitative estimate of drug-likeness (QED) is 0.501. The van der Waals surface area contributed by atoms with Crippen LogP contribution in [-0.4, -0.2) is 15.2 Å². The minimum atomic E-state index is -0.321. The lowest BCUT2D eigenvalue weighted by Crippen LogP contribution is -2.12. The van der Waals surface area contributed by atoms with Crippen LogP contribution < -0.4 is 17.0 Å². The molecule has 0 aliphatic heterocycles. The number of nitrogens with two attached hydrogens (primary N) is 2. The van der Waals surface area contributed by atoms with Crippen molar-refractivity contribution in [3.63, 3.8) is 0 Å². The van der Waals surface area contributed by atoms with Crippen LogP contribution in [-0.2, 0) is 0 Å². The highest BCUT2D eigenvalue weighted by Gasteiger charge is 2.06. The van der Waals surface area contributed by atoms with Gasteiger partial charge in [-0.2, -0.15) is 5.10 Å². The van der Waals surface area contributed by atoms with Gasteiger partial charge in [-0.1, -0.05) is 0 Å². The van der Waals surface area contributed by atoms with E-state index in [1.54, 1.807) is 6.07 Å². The predicted molar refractivity (Wildman–Crippen MR) is 49.0 cm³/mol. The van der Waals surface area contributed by atoms with Crippen molar-refractivity contribution in [2.45, 2.75) is 0 Å². The third-order valence-electron chi connectivity index (χ3n) is 1.76. The number of aromatic amines is 1. The summed E-state index contributed by atoms with van der Waals surface area (Å²) in [4.78, 5) is 15.0.